The fourth-order valence-corrected chi connectivity index (χ4v) is 3.08. The Morgan fingerprint density at radius 1 is 1.09 bits per heavy atom. The SMILES string of the molecule is O=C(NS(=O)(=O)Nc1ccccc1)c1ccc2c(c1)C(=O)NC2. The first-order chi connectivity index (χ1) is 10.9. The molecule has 3 N–H and O–H groups in total. The van der Waals surface area contributed by atoms with Gasteiger partial charge >= 0.3 is 10.2 Å². The molecular formula is C15H13N3O4S. The molecule has 2 amide bonds. The summed E-state index contributed by atoms with van der Waals surface area (Å²) in [5.74, 6) is -1.09. The number of carbonyl (C=O) groups is 2. The smallest absolute Gasteiger partial charge is 0.323 e. The summed E-state index contributed by atoms with van der Waals surface area (Å²) in [6.07, 6.45) is 0. The molecule has 0 spiro atoms. The van der Waals surface area contributed by atoms with E-state index in [4.69, 9.17) is 0 Å². The number of rotatable bonds is 4. The van der Waals surface area contributed by atoms with Gasteiger partial charge in [-0.15, -0.1) is 0 Å². The first-order valence-corrected chi connectivity index (χ1v) is 8.24. The lowest BCUT2D eigenvalue weighted by Crippen LogP contribution is -2.35. The third-order valence-electron chi connectivity index (χ3n) is 3.31. The van der Waals surface area contributed by atoms with Gasteiger partial charge in [0.05, 0.1) is 5.69 Å². The number of nitrogens with one attached hydrogen (secondary N) is 3. The Morgan fingerprint density at radius 3 is 2.57 bits per heavy atom. The zero-order valence-corrected chi connectivity index (χ0v) is 12.7. The van der Waals surface area contributed by atoms with E-state index in [0.29, 0.717) is 17.8 Å². The van der Waals surface area contributed by atoms with Crippen LogP contribution in [0.1, 0.15) is 26.3 Å². The summed E-state index contributed by atoms with van der Waals surface area (Å²) >= 11 is 0. The second kappa shape index (κ2) is 5.73. The zero-order valence-electron chi connectivity index (χ0n) is 11.9. The number of amides is 2. The number of anilines is 1. The van der Waals surface area contributed by atoms with Crippen LogP contribution in [0, 0.1) is 0 Å². The van der Waals surface area contributed by atoms with E-state index in [9.17, 15) is 18.0 Å². The highest BCUT2D eigenvalue weighted by Crippen LogP contribution is 2.17. The third-order valence-corrected chi connectivity index (χ3v) is 4.27. The number of hydrogen-bond donors (Lipinski definition) is 3. The zero-order chi connectivity index (χ0) is 16.4. The van der Waals surface area contributed by atoms with E-state index in [1.807, 2.05) is 4.72 Å². The minimum atomic E-state index is -4.06. The highest BCUT2D eigenvalue weighted by molar-refractivity contribution is 7.91. The summed E-state index contributed by atoms with van der Waals surface area (Å²) < 4.78 is 28.1. The molecule has 0 aromatic heterocycles. The predicted molar refractivity (Wildman–Crippen MR) is 84.1 cm³/mol. The molecule has 1 aliphatic heterocycles. The van der Waals surface area contributed by atoms with E-state index in [1.54, 1.807) is 36.4 Å². The van der Waals surface area contributed by atoms with E-state index in [2.05, 4.69) is 10.0 Å². The molecule has 0 atom stereocenters. The molecule has 0 aliphatic carbocycles. The van der Waals surface area contributed by atoms with E-state index < -0.39 is 16.1 Å². The molecule has 0 fully saturated rings. The van der Waals surface area contributed by atoms with Crippen LogP contribution in [0.3, 0.4) is 0 Å². The first kappa shape index (κ1) is 15.0. The standard InChI is InChI=1S/C15H13N3O4S/c19-14(10-6-7-11-9-16-15(20)13(11)8-10)18-23(21,22)17-12-4-2-1-3-5-12/h1-8,17H,9H2,(H,16,20)(H,18,19). The van der Waals surface area contributed by atoms with Crippen molar-refractivity contribution in [1.82, 2.24) is 10.0 Å². The van der Waals surface area contributed by atoms with Gasteiger partial charge in [-0.3, -0.25) is 14.3 Å². The Morgan fingerprint density at radius 2 is 1.83 bits per heavy atom. The van der Waals surface area contributed by atoms with Crippen LogP contribution in [0.15, 0.2) is 48.5 Å². The number of fused-ring (bicyclic) bond motifs is 1. The second-order valence-electron chi connectivity index (χ2n) is 4.96. The molecule has 2 aromatic rings. The molecule has 1 heterocycles. The van der Waals surface area contributed by atoms with Gasteiger partial charge < -0.3 is 5.32 Å². The first-order valence-electron chi connectivity index (χ1n) is 6.76. The normalized spacial score (nSPS) is 13.1. The highest BCUT2D eigenvalue weighted by atomic mass is 32.2. The van der Waals surface area contributed by atoms with E-state index in [-0.39, 0.29) is 11.5 Å². The van der Waals surface area contributed by atoms with Crippen LogP contribution in [0.25, 0.3) is 0 Å². The molecule has 2 aromatic carbocycles. The molecule has 0 unspecified atom stereocenters. The maximum atomic E-state index is 12.1. The lowest BCUT2D eigenvalue weighted by Gasteiger charge is -2.09. The molecule has 3 rings (SSSR count). The van der Waals surface area contributed by atoms with Gasteiger partial charge in [0.1, 0.15) is 0 Å². The molecule has 7 nitrogen and oxygen atoms in total. The Hall–Kier alpha value is -2.87. The lowest BCUT2D eigenvalue weighted by molar-refractivity contribution is 0.0965. The highest BCUT2D eigenvalue weighted by Gasteiger charge is 2.22. The molecule has 0 radical (unpaired) electrons. The van der Waals surface area contributed by atoms with Crippen molar-refractivity contribution in [3.05, 3.63) is 65.2 Å². The predicted octanol–water partition coefficient (Wildman–Crippen LogP) is 1.02. The number of carbonyl (C=O) groups excluding carboxylic acids is 2. The molecule has 1 aliphatic rings. The Labute approximate surface area is 132 Å². The van der Waals surface area contributed by atoms with Gasteiger partial charge in [-0.1, -0.05) is 24.3 Å². The van der Waals surface area contributed by atoms with Gasteiger partial charge in [-0.2, -0.15) is 8.42 Å². The maximum Gasteiger partial charge on any atom is 0.323 e. The van der Waals surface area contributed by atoms with Crippen LogP contribution < -0.4 is 14.8 Å². The molecule has 0 saturated heterocycles. The van der Waals surface area contributed by atoms with Crippen LogP contribution in [0.2, 0.25) is 0 Å². The average Bonchev–Trinajstić information content (AvgIpc) is 2.88. The Balaban J connectivity index is 1.76. The fraction of sp³-hybridized carbons (Fsp3) is 0.0667. The van der Waals surface area contributed by atoms with E-state index >= 15 is 0 Å². The largest absolute Gasteiger partial charge is 0.348 e. The van der Waals surface area contributed by atoms with Gasteiger partial charge in [-0.25, -0.2) is 4.72 Å². The van der Waals surface area contributed by atoms with Gasteiger partial charge in [-0.05, 0) is 29.8 Å². The maximum absolute atomic E-state index is 12.1. The van der Waals surface area contributed by atoms with Crippen molar-refractivity contribution in [3.63, 3.8) is 0 Å². The number of hydrogen-bond acceptors (Lipinski definition) is 4. The summed E-state index contributed by atoms with van der Waals surface area (Å²) in [4.78, 5) is 23.7. The second-order valence-corrected chi connectivity index (χ2v) is 6.37. The molecule has 23 heavy (non-hydrogen) atoms. The number of benzene rings is 2. The monoisotopic (exact) mass is 331 g/mol. The van der Waals surface area contributed by atoms with Crippen molar-refractivity contribution in [2.45, 2.75) is 6.54 Å². The molecule has 8 heteroatoms. The summed E-state index contributed by atoms with van der Waals surface area (Å²) in [6, 6.07) is 12.7. The topological polar surface area (TPSA) is 104 Å². The van der Waals surface area contributed by atoms with Gasteiger partial charge in [0, 0.05) is 17.7 Å². The van der Waals surface area contributed by atoms with Crippen molar-refractivity contribution < 1.29 is 18.0 Å². The Kier molecular flexibility index (Phi) is 3.75. The average molecular weight is 331 g/mol. The molecule has 0 saturated carbocycles. The van der Waals surface area contributed by atoms with Gasteiger partial charge in [0.15, 0.2) is 0 Å². The molecular weight excluding hydrogens is 318 g/mol. The van der Waals surface area contributed by atoms with E-state index in [1.165, 1.54) is 12.1 Å². The summed E-state index contributed by atoms with van der Waals surface area (Å²) in [5.41, 5.74) is 1.59. The quantitative estimate of drug-likeness (QED) is 0.778. The van der Waals surface area contributed by atoms with Crippen molar-refractivity contribution in [1.29, 1.82) is 0 Å². The Bertz CT molecular complexity index is 879. The van der Waals surface area contributed by atoms with Crippen molar-refractivity contribution in [2.75, 3.05) is 4.72 Å². The van der Waals surface area contributed by atoms with Crippen molar-refractivity contribution in [3.8, 4) is 0 Å². The van der Waals surface area contributed by atoms with Crippen LogP contribution in [0.5, 0.6) is 0 Å². The van der Waals surface area contributed by atoms with Crippen LogP contribution in [-0.2, 0) is 16.8 Å². The van der Waals surface area contributed by atoms with Crippen molar-refractivity contribution in [2.24, 2.45) is 0 Å². The summed E-state index contributed by atoms with van der Waals surface area (Å²) in [6.45, 7) is 0.407. The minimum Gasteiger partial charge on any atom is -0.348 e. The van der Waals surface area contributed by atoms with Crippen LogP contribution >= 0.6 is 0 Å². The lowest BCUT2D eigenvalue weighted by atomic mass is 10.1. The van der Waals surface area contributed by atoms with E-state index in [0.717, 1.165) is 5.56 Å². The van der Waals surface area contributed by atoms with Crippen LogP contribution in [0.4, 0.5) is 5.69 Å². The minimum absolute atomic E-state index is 0.0965. The van der Waals surface area contributed by atoms with Crippen LogP contribution in [-0.4, -0.2) is 20.2 Å². The van der Waals surface area contributed by atoms with Gasteiger partial charge in [0.25, 0.3) is 11.8 Å². The third kappa shape index (κ3) is 3.32. The summed E-state index contributed by atoms with van der Waals surface area (Å²) in [7, 11) is -4.06. The van der Waals surface area contributed by atoms with Crippen molar-refractivity contribution >= 4 is 27.7 Å². The number of para-hydroxylation sites is 1. The molecule has 118 valence electrons. The molecule has 0 bridgehead atoms. The summed E-state index contributed by atoms with van der Waals surface area (Å²) in [5, 5.41) is 2.63. The fourth-order valence-electron chi connectivity index (χ4n) is 2.22. The van der Waals surface area contributed by atoms with Gasteiger partial charge in [0.2, 0.25) is 0 Å².